The number of hydrogen-bond acceptors (Lipinski definition) is 0. The van der Waals surface area contributed by atoms with Gasteiger partial charge in [-0.3, -0.25) is 0 Å². The molecule has 0 nitrogen and oxygen atoms in total. The average molecular weight is 411 g/mol. The Hall–Kier alpha value is -2.11. The van der Waals surface area contributed by atoms with E-state index in [1.54, 1.807) is 0 Å². The maximum Gasteiger partial charge on any atom is 0 e. The van der Waals surface area contributed by atoms with Gasteiger partial charge in [-0.2, -0.15) is 6.07 Å². The van der Waals surface area contributed by atoms with Crippen molar-refractivity contribution in [2.24, 2.45) is 0 Å². The van der Waals surface area contributed by atoms with Crippen LogP contribution in [0, 0.1) is 0 Å². The quantitative estimate of drug-likeness (QED) is 0.215. The molecule has 124 valence electrons. The van der Waals surface area contributed by atoms with Crippen molar-refractivity contribution in [2.45, 2.75) is 13.3 Å². The molecule has 0 amide bonds. The molecular weight excluding hydrogens is 391 g/mol. The van der Waals surface area contributed by atoms with Crippen LogP contribution in [0.15, 0.2) is 84.9 Å². The van der Waals surface area contributed by atoms with E-state index in [0.717, 1.165) is 6.42 Å². The van der Waals surface area contributed by atoms with E-state index >= 15 is 0 Å². The van der Waals surface area contributed by atoms with Crippen LogP contribution in [-0.4, -0.2) is 0 Å². The summed E-state index contributed by atoms with van der Waals surface area (Å²) in [5.74, 6) is 0. The van der Waals surface area contributed by atoms with Gasteiger partial charge in [-0.05, 0) is 39.6 Å². The first kappa shape index (κ1) is 17.3. The SMILES string of the molecule is CCc1cc2c(-c3cc4ccccc4c4ccccc34)cccc2[cH-]1.[Zr]. The van der Waals surface area contributed by atoms with Gasteiger partial charge in [0.2, 0.25) is 0 Å². The predicted octanol–water partition coefficient (Wildman–Crippen LogP) is 7.09. The predicted molar refractivity (Wildman–Crippen MR) is 109 cm³/mol. The van der Waals surface area contributed by atoms with Gasteiger partial charge in [-0.25, -0.2) is 0 Å². The Labute approximate surface area is 173 Å². The van der Waals surface area contributed by atoms with Crippen LogP contribution in [0.5, 0.6) is 0 Å². The molecule has 0 aliphatic carbocycles. The van der Waals surface area contributed by atoms with Gasteiger partial charge in [0.25, 0.3) is 0 Å². The molecule has 0 aliphatic rings. The standard InChI is InChI=1S/C25H19.Zr/c1-2-17-14-18-9-7-13-23(24(18)15-17)25-16-19-8-3-4-10-20(19)21-11-5-6-12-22(21)25;/h3-16H,2H2,1H3;/q-1;. The minimum atomic E-state index is 0. The largest absolute Gasteiger partial charge is 0.164 e. The average Bonchev–Trinajstić information content (AvgIpc) is 3.11. The molecule has 0 saturated heterocycles. The molecule has 5 aromatic rings. The van der Waals surface area contributed by atoms with Crippen molar-refractivity contribution in [3.05, 3.63) is 90.5 Å². The first-order valence-electron chi connectivity index (χ1n) is 8.94. The molecule has 0 radical (unpaired) electrons. The van der Waals surface area contributed by atoms with Crippen LogP contribution in [0.3, 0.4) is 0 Å². The summed E-state index contributed by atoms with van der Waals surface area (Å²) in [5.41, 5.74) is 4.07. The van der Waals surface area contributed by atoms with Crippen molar-refractivity contribution in [3.63, 3.8) is 0 Å². The Morgan fingerprint density at radius 1 is 0.654 bits per heavy atom. The van der Waals surface area contributed by atoms with Gasteiger partial charge in [0.1, 0.15) is 0 Å². The fourth-order valence-electron chi connectivity index (χ4n) is 4.01. The smallest absolute Gasteiger partial charge is 0 e. The van der Waals surface area contributed by atoms with E-state index in [4.69, 9.17) is 0 Å². The van der Waals surface area contributed by atoms with Crippen LogP contribution in [0.2, 0.25) is 0 Å². The van der Waals surface area contributed by atoms with Crippen molar-refractivity contribution < 1.29 is 26.2 Å². The van der Waals surface area contributed by atoms with Gasteiger partial charge in [0, 0.05) is 26.2 Å². The Morgan fingerprint density at radius 2 is 1.38 bits per heavy atom. The molecule has 0 heterocycles. The first-order chi connectivity index (χ1) is 12.3. The number of hydrogen-bond donors (Lipinski definition) is 0. The Bertz CT molecular complexity index is 1230. The van der Waals surface area contributed by atoms with Crippen molar-refractivity contribution in [1.82, 2.24) is 0 Å². The molecule has 0 fully saturated rings. The number of benzene rings is 4. The maximum atomic E-state index is 2.36. The molecule has 1 heteroatoms. The summed E-state index contributed by atoms with van der Waals surface area (Å²) < 4.78 is 0. The minimum absolute atomic E-state index is 0. The number of aryl methyl sites for hydroxylation is 1. The second-order valence-corrected chi connectivity index (χ2v) is 6.72. The van der Waals surface area contributed by atoms with E-state index in [1.165, 1.54) is 49.0 Å². The van der Waals surface area contributed by atoms with E-state index in [9.17, 15) is 0 Å². The second-order valence-electron chi connectivity index (χ2n) is 6.72. The maximum absolute atomic E-state index is 2.36. The second kappa shape index (κ2) is 6.89. The van der Waals surface area contributed by atoms with E-state index in [1.807, 2.05) is 0 Å². The van der Waals surface area contributed by atoms with E-state index in [-0.39, 0.29) is 26.2 Å². The molecule has 0 atom stereocenters. The summed E-state index contributed by atoms with van der Waals surface area (Å²) in [4.78, 5) is 0. The summed E-state index contributed by atoms with van der Waals surface area (Å²) in [6.07, 6.45) is 1.08. The number of fused-ring (bicyclic) bond motifs is 4. The third kappa shape index (κ3) is 2.66. The van der Waals surface area contributed by atoms with E-state index < -0.39 is 0 Å². The summed E-state index contributed by atoms with van der Waals surface area (Å²) in [6, 6.07) is 31.2. The summed E-state index contributed by atoms with van der Waals surface area (Å²) in [7, 11) is 0. The number of rotatable bonds is 2. The van der Waals surface area contributed by atoms with E-state index in [0.29, 0.717) is 0 Å². The minimum Gasteiger partial charge on any atom is -0.164 e. The summed E-state index contributed by atoms with van der Waals surface area (Å²) >= 11 is 0. The van der Waals surface area contributed by atoms with Crippen LogP contribution in [0.4, 0.5) is 0 Å². The van der Waals surface area contributed by atoms with Crippen LogP contribution in [0.25, 0.3) is 43.4 Å². The summed E-state index contributed by atoms with van der Waals surface area (Å²) in [5, 5.41) is 7.98. The molecule has 0 aliphatic heterocycles. The van der Waals surface area contributed by atoms with Gasteiger partial charge in [-0.1, -0.05) is 67.1 Å². The Kier molecular flexibility index (Phi) is 4.59. The zero-order valence-electron chi connectivity index (χ0n) is 14.8. The molecule has 26 heavy (non-hydrogen) atoms. The fraction of sp³-hybridized carbons (Fsp3) is 0.0800. The molecule has 0 aromatic heterocycles. The van der Waals surface area contributed by atoms with Crippen LogP contribution in [0.1, 0.15) is 12.5 Å². The van der Waals surface area contributed by atoms with Crippen molar-refractivity contribution in [2.75, 3.05) is 0 Å². The van der Waals surface area contributed by atoms with Gasteiger partial charge in [0.05, 0.1) is 0 Å². The normalized spacial score (nSPS) is 11.1. The molecule has 0 spiro atoms. The summed E-state index contributed by atoms with van der Waals surface area (Å²) in [6.45, 7) is 2.22. The van der Waals surface area contributed by atoms with Crippen molar-refractivity contribution in [3.8, 4) is 11.1 Å². The molecular formula is C25H19Zr-. The first-order valence-corrected chi connectivity index (χ1v) is 8.94. The van der Waals surface area contributed by atoms with Crippen molar-refractivity contribution in [1.29, 1.82) is 0 Å². The van der Waals surface area contributed by atoms with Gasteiger partial charge in [-0.15, -0.1) is 34.5 Å². The molecule has 0 unspecified atom stereocenters. The molecule has 5 rings (SSSR count). The van der Waals surface area contributed by atoms with Crippen LogP contribution >= 0.6 is 0 Å². The van der Waals surface area contributed by atoms with E-state index in [2.05, 4.69) is 91.9 Å². The molecule has 0 saturated carbocycles. The molecule has 5 aromatic carbocycles. The van der Waals surface area contributed by atoms with Gasteiger partial charge >= 0.3 is 0 Å². The van der Waals surface area contributed by atoms with Gasteiger partial charge in [0.15, 0.2) is 0 Å². The topological polar surface area (TPSA) is 0 Å². The third-order valence-electron chi connectivity index (χ3n) is 5.28. The third-order valence-corrected chi connectivity index (χ3v) is 5.28. The van der Waals surface area contributed by atoms with Crippen molar-refractivity contribution >= 4 is 32.3 Å². The fourth-order valence-corrected chi connectivity index (χ4v) is 4.01. The zero-order valence-corrected chi connectivity index (χ0v) is 17.2. The Balaban J connectivity index is 0.00000168. The van der Waals surface area contributed by atoms with Gasteiger partial charge < -0.3 is 0 Å². The zero-order chi connectivity index (χ0) is 16.8. The van der Waals surface area contributed by atoms with Crippen LogP contribution in [-0.2, 0) is 32.6 Å². The molecule has 0 bridgehead atoms. The van der Waals surface area contributed by atoms with Crippen LogP contribution < -0.4 is 0 Å². The monoisotopic (exact) mass is 409 g/mol. The molecule has 0 N–H and O–H groups in total. The Morgan fingerprint density at radius 3 is 2.19 bits per heavy atom.